The van der Waals surface area contributed by atoms with Gasteiger partial charge in [-0.25, -0.2) is 0 Å². The molecule has 0 aromatic rings. The van der Waals surface area contributed by atoms with Gasteiger partial charge in [0.25, 0.3) is 0 Å². The lowest BCUT2D eigenvalue weighted by atomic mass is 10.2. The molecular formula is C12H21N3. The molecule has 2 atom stereocenters. The van der Waals surface area contributed by atoms with Crippen molar-refractivity contribution in [1.29, 1.82) is 5.26 Å². The Morgan fingerprint density at radius 1 is 1.40 bits per heavy atom. The maximum absolute atomic E-state index is 8.75. The van der Waals surface area contributed by atoms with Crippen molar-refractivity contribution in [2.24, 2.45) is 0 Å². The Morgan fingerprint density at radius 2 is 1.93 bits per heavy atom. The van der Waals surface area contributed by atoms with Gasteiger partial charge in [0.05, 0.1) is 18.3 Å². The van der Waals surface area contributed by atoms with E-state index in [2.05, 4.69) is 36.4 Å². The molecule has 0 saturated carbocycles. The predicted octanol–water partition coefficient (Wildman–Crippen LogP) is 1.90. The van der Waals surface area contributed by atoms with Crippen LogP contribution in [0.4, 0.5) is 0 Å². The van der Waals surface area contributed by atoms with Gasteiger partial charge in [-0.2, -0.15) is 5.26 Å². The van der Waals surface area contributed by atoms with Gasteiger partial charge in [-0.15, -0.1) is 13.2 Å². The summed E-state index contributed by atoms with van der Waals surface area (Å²) in [4.78, 5) is 2.20. The van der Waals surface area contributed by atoms with E-state index in [-0.39, 0.29) is 12.2 Å². The van der Waals surface area contributed by atoms with Crippen LogP contribution in [-0.4, -0.2) is 30.2 Å². The molecule has 2 unspecified atom stereocenters. The highest BCUT2D eigenvalue weighted by Gasteiger charge is 2.15. The van der Waals surface area contributed by atoms with E-state index < -0.39 is 0 Å². The Morgan fingerprint density at radius 3 is 2.27 bits per heavy atom. The molecule has 0 aromatic heterocycles. The van der Waals surface area contributed by atoms with Crippen LogP contribution in [0.1, 0.15) is 20.3 Å². The minimum atomic E-state index is -0.132. The van der Waals surface area contributed by atoms with Gasteiger partial charge in [-0.05, 0) is 13.3 Å². The Labute approximate surface area is 93.1 Å². The summed E-state index contributed by atoms with van der Waals surface area (Å²) in [5, 5.41) is 12.0. The van der Waals surface area contributed by atoms with E-state index in [0.29, 0.717) is 0 Å². The fraction of sp³-hybridized carbons (Fsp3) is 0.583. The highest BCUT2D eigenvalue weighted by molar-refractivity contribution is 4.90. The molecule has 0 fully saturated rings. The molecular weight excluding hydrogens is 186 g/mol. The Kier molecular flexibility index (Phi) is 7.61. The third-order valence-electron chi connectivity index (χ3n) is 2.19. The van der Waals surface area contributed by atoms with Crippen LogP contribution in [0.15, 0.2) is 25.3 Å². The topological polar surface area (TPSA) is 39.1 Å². The third-order valence-corrected chi connectivity index (χ3v) is 2.19. The average Bonchev–Trinajstić information content (AvgIpc) is 2.25. The lowest BCUT2D eigenvalue weighted by Crippen LogP contribution is -2.48. The van der Waals surface area contributed by atoms with E-state index in [1.165, 1.54) is 0 Å². The molecule has 0 radical (unpaired) electrons. The molecule has 0 aliphatic rings. The van der Waals surface area contributed by atoms with Gasteiger partial charge < -0.3 is 0 Å². The second-order valence-corrected chi connectivity index (χ2v) is 3.47. The zero-order chi connectivity index (χ0) is 11.7. The molecule has 1 N–H and O–H groups in total. The van der Waals surface area contributed by atoms with Gasteiger partial charge >= 0.3 is 0 Å². The molecule has 0 rings (SSSR count). The number of nitrogens with zero attached hydrogens (tertiary/aromatic N) is 2. The maximum Gasteiger partial charge on any atom is 0.0936 e. The summed E-state index contributed by atoms with van der Waals surface area (Å²) in [5.41, 5.74) is 0. The third kappa shape index (κ3) is 5.36. The van der Waals surface area contributed by atoms with Crippen LogP contribution >= 0.6 is 0 Å². The van der Waals surface area contributed by atoms with Gasteiger partial charge in [0, 0.05) is 13.1 Å². The molecule has 0 aliphatic heterocycles. The first kappa shape index (κ1) is 13.9. The van der Waals surface area contributed by atoms with Crippen LogP contribution in [0.25, 0.3) is 0 Å². The minimum absolute atomic E-state index is 0.132. The highest BCUT2D eigenvalue weighted by atomic mass is 15.3. The fourth-order valence-corrected chi connectivity index (χ4v) is 1.47. The highest BCUT2D eigenvalue weighted by Crippen LogP contribution is 2.02. The molecule has 0 saturated heterocycles. The second kappa shape index (κ2) is 8.22. The number of rotatable bonds is 8. The molecule has 0 bridgehead atoms. The monoisotopic (exact) mass is 207 g/mol. The zero-order valence-electron chi connectivity index (χ0n) is 9.74. The van der Waals surface area contributed by atoms with Crippen molar-refractivity contribution in [2.75, 3.05) is 13.1 Å². The number of nitriles is 1. The van der Waals surface area contributed by atoms with Crippen LogP contribution in [0, 0.1) is 11.3 Å². The van der Waals surface area contributed by atoms with Crippen molar-refractivity contribution in [2.45, 2.75) is 32.5 Å². The first-order valence-corrected chi connectivity index (χ1v) is 5.31. The summed E-state index contributed by atoms with van der Waals surface area (Å²) < 4.78 is 0. The van der Waals surface area contributed by atoms with Gasteiger partial charge in [0.2, 0.25) is 0 Å². The van der Waals surface area contributed by atoms with Crippen LogP contribution in [0.2, 0.25) is 0 Å². The van der Waals surface area contributed by atoms with Crippen molar-refractivity contribution in [3.63, 3.8) is 0 Å². The van der Waals surface area contributed by atoms with Crippen molar-refractivity contribution >= 4 is 0 Å². The van der Waals surface area contributed by atoms with Gasteiger partial charge in [0.15, 0.2) is 0 Å². The van der Waals surface area contributed by atoms with Crippen molar-refractivity contribution < 1.29 is 0 Å². The second-order valence-electron chi connectivity index (χ2n) is 3.47. The van der Waals surface area contributed by atoms with Crippen LogP contribution in [-0.2, 0) is 0 Å². The van der Waals surface area contributed by atoms with E-state index in [4.69, 9.17) is 5.26 Å². The predicted molar refractivity (Wildman–Crippen MR) is 64.3 cm³/mol. The van der Waals surface area contributed by atoms with Crippen molar-refractivity contribution in [3.05, 3.63) is 25.3 Å². The summed E-state index contributed by atoms with van der Waals surface area (Å²) in [5.74, 6) is 0. The zero-order valence-corrected chi connectivity index (χ0v) is 9.74. The van der Waals surface area contributed by atoms with Crippen LogP contribution < -0.4 is 5.32 Å². The van der Waals surface area contributed by atoms with Crippen molar-refractivity contribution in [3.8, 4) is 6.07 Å². The van der Waals surface area contributed by atoms with E-state index in [1.807, 2.05) is 19.1 Å². The molecule has 3 nitrogen and oxygen atoms in total. The molecule has 15 heavy (non-hydrogen) atoms. The van der Waals surface area contributed by atoms with E-state index >= 15 is 0 Å². The smallest absolute Gasteiger partial charge is 0.0936 e. The molecule has 0 aliphatic carbocycles. The molecule has 0 aromatic carbocycles. The Hall–Kier alpha value is -1.11. The molecule has 0 amide bonds. The van der Waals surface area contributed by atoms with Gasteiger partial charge in [-0.1, -0.05) is 19.1 Å². The number of hydrogen-bond donors (Lipinski definition) is 1. The lowest BCUT2D eigenvalue weighted by Gasteiger charge is -2.30. The normalized spacial score (nSPS) is 14.3. The summed E-state index contributed by atoms with van der Waals surface area (Å²) in [6.45, 7) is 13.0. The van der Waals surface area contributed by atoms with Gasteiger partial charge in [-0.3, -0.25) is 10.2 Å². The summed E-state index contributed by atoms with van der Waals surface area (Å²) in [6.07, 6.45) is 4.89. The van der Waals surface area contributed by atoms with Crippen LogP contribution in [0.5, 0.6) is 0 Å². The first-order valence-electron chi connectivity index (χ1n) is 5.31. The standard InChI is InChI=1S/C12H21N3/c1-5-8-15(9-6-2)12(7-3)14-11(4)10-13/h5-6,11-12,14H,1-2,7-9H2,3-4H3. The molecule has 0 spiro atoms. The summed E-state index contributed by atoms with van der Waals surface area (Å²) in [7, 11) is 0. The number of nitrogens with one attached hydrogen (secondary N) is 1. The molecule has 0 heterocycles. The quantitative estimate of drug-likeness (QED) is 0.488. The average molecular weight is 207 g/mol. The first-order chi connectivity index (χ1) is 7.19. The maximum atomic E-state index is 8.75. The Balaban J connectivity index is 4.36. The summed E-state index contributed by atoms with van der Waals surface area (Å²) >= 11 is 0. The fourth-order valence-electron chi connectivity index (χ4n) is 1.47. The van der Waals surface area contributed by atoms with E-state index in [0.717, 1.165) is 19.5 Å². The molecule has 3 heteroatoms. The largest absolute Gasteiger partial charge is 0.287 e. The minimum Gasteiger partial charge on any atom is -0.287 e. The van der Waals surface area contributed by atoms with E-state index in [9.17, 15) is 0 Å². The van der Waals surface area contributed by atoms with Gasteiger partial charge in [0.1, 0.15) is 0 Å². The molecule has 84 valence electrons. The lowest BCUT2D eigenvalue weighted by molar-refractivity contribution is 0.190. The summed E-state index contributed by atoms with van der Waals surface area (Å²) in [6, 6.07) is 2.05. The SMILES string of the molecule is C=CCN(CC=C)C(CC)NC(C)C#N. The number of hydrogen-bond acceptors (Lipinski definition) is 3. The van der Waals surface area contributed by atoms with E-state index in [1.54, 1.807) is 0 Å². The van der Waals surface area contributed by atoms with Crippen molar-refractivity contribution in [1.82, 2.24) is 10.2 Å². The Bertz CT molecular complexity index is 220. The van der Waals surface area contributed by atoms with Crippen LogP contribution in [0.3, 0.4) is 0 Å².